The molecular weight excluding hydrogens is 298 g/mol. The van der Waals surface area contributed by atoms with E-state index in [9.17, 15) is 9.59 Å². The summed E-state index contributed by atoms with van der Waals surface area (Å²) >= 11 is 0. The van der Waals surface area contributed by atoms with Gasteiger partial charge in [-0.15, -0.1) is 0 Å². The highest BCUT2D eigenvalue weighted by Crippen LogP contribution is 2.14. The second kappa shape index (κ2) is 10.2. The van der Waals surface area contributed by atoms with Crippen molar-refractivity contribution in [3.63, 3.8) is 0 Å². The van der Waals surface area contributed by atoms with Crippen molar-refractivity contribution < 1.29 is 49.4 Å². The first-order valence-electron chi connectivity index (χ1n) is 16.3. The zero-order chi connectivity index (χ0) is 36.0. The summed E-state index contributed by atoms with van der Waals surface area (Å²) in [6.07, 6.45) is -17.0. The number of hydrogen-bond donors (Lipinski definition) is 3. The van der Waals surface area contributed by atoms with E-state index in [1.165, 1.54) is 0 Å². The minimum absolute atomic E-state index is 0.477. The van der Waals surface area contributed by atoms with Gasteiger partial charge in [0, 0.05) is 29.3 Å². The second-order valence-electron chi connectivity index (χ2n) is 3.16. The van der Waals surface area contributed by atoms with Gasteiger partial charge in [-0.05, 0) is 43.8 Å². The highest BCUT2D eigenvalue weighted by atomic mass is 16.5. The average Bonchev–Trinajstić information content (AvgIpc) is 2.88. The lowest BCUT2D eigenvalue weighted by atomic mass is 10.2. The Bertz CT molecular complexity index is 1320. The van der Waals surface area contributed by atoms with Crippen LogP contribution in [0.5, 0.6) is 5.75 Å². The van der Waals surface area contributed by atoms with Gasteiger partial charge in [-0.1, -0.05) is 6.37 Å². The molecule has 7 heteroatoms. The minimum atomic E-state index is -4.37. The molecule has 0 spiro atoms. The van der Waals surface area contributed by atoms with E-state index < -0.39 is 110 Å². The standard InChI is InChI=1S/C16H23N3O4/c1-2-22-15(21)12-7-9-13(10-8-12)23-14(20)6-4-3-5-11-19-16(17)18/h7-10H,2-6,11H2,1H3,(H4,17,18,19)/i1D3,2D2,3D2,4D2,5D2,6D2,7D,8D,9D,10D,11D/hD4. The summed E-state index contributed by atoms with van der Waals surface area (Å²) in [7, 11) is 0. The first kappa shape index (κ1) is 4.28. The van der Waals surface area contributed by atoms with Crippen molar-refractivity contribution in [2.75, 3.05) is 13.1 Å². The molecule has 0 bridgehead atoms. The number of carbonyl (C=O) groups excluding carboxylic acids is 2. The summed E-state index contributed by atoms with van der Waals surface area (Å²) in [6.45, 7) is -10.2. The summed E-state index contributed by atoms with van der Waals surface area (Å²) in [4.78, 5) is 25.2. The highest BCUT2D eigenvalue weighted by Gasteiger charge is 2.08. The third kappa shape index (κ3) is 7.85. The van der Waals surface area contributed by atoms with Crippen molar-refractivity contribution >= 4 is 17.9 Å². The van der Waals surface area contributed by atoms with Gasteiger partial charge in [0.15, 0.2) is 11.6 Å². The lowest BCUT2D eigenvalue weighted by Crippen LogP contribution is -2.30. The molecule has 1 unspecified atom stereocenters. The van der Waals surface area contributed by atoms with Crippen LogP contribution in [0.2, 0.25) is 5.65 Å². The zero-order valence-electron chi connectivity index (χ0n) is 33.1. The van der Waals surface area contributed by atoms with Crippen molar-refractivity contribution in [2.45, 2.75) is 32.3 Å². The van der Waals surface area contributed by atoms with Crippen LogP contribution in [0.15, 0.2) is 24.2 Å². The number of ether oxygens (including phenoxy) is 2. The van der Waals surface area contributed by atoms with E-state index in [0.717, 1.165) is 0 Å². The zero-order valence-corrected chi connectivity index (χ0v) is 11.1. The van der Waals surface area contributed by atoms with E-state index in [1.54, 1.807) is 0 Å². The number of benzene rings is 1. The Kier molecular flexibility index (Phi) is 1.90. The van der Waals surface area contributed by atoms with Crippen LogP contribution in [0, 0.1) is 5.40 Å². The van der Waals surface area contributed by atoms with Crippen LogP contribution in [0.25, 0.3) is 0 Å². The summed E-state index contributed by atoms with van der Waals surface area (Å²) in [5, 5.41) is 2.06. The molecule has 23 heavy (non-hydrogen) atoms. The van der Waals surface area contributed by atoms with Gasteiger partial charge in [0.25, 0.3) is 0 Å². The summed E-state index contributed by atoms with van der Waals surface area (Å²) < 4.78 is 177. The number of hydrogen-bond acceptors (Lipinski definition) is 5. The number of rotatable bonds is 9. The molecule has 1 aromatic carbocycles. The molecule has 0 saturated carbocycles. The second-order valence-corrected chi connectivity index (χ2v) is 3.16. The van der Waals surface area contributed by atoms with Crippen LogP contribution < -0.4 is 15.8 Å². The molecule has 0 aliphatic rings. The molecule has 0 amide bonds. The van der Waals surface area contributed by atoms with Crippen LogP contribution in [0.1, 0.15) is 67.4 Å². The number of esters is 2. The molecule has 126 valence electrons. The van der Waals surface area contributed by atoms with Crippen molar-refractivity contribution in [3.05, 3.63) is 29.7 Å². The number of guanidine groups is 1. The Morgan fingerprint density at radius 3 is 3.00 bits per heavy atom. The largest absolute Gasteiger partial charge is 0.462 e. The Balaban J connectivity index is 3.59. The molecule has 0 fully saturated rings. The predicted octanol–water partition coefficient (Wildman–Crippen LogP) is 1.81. The Hall–Kier alpha value is -2.57. The maximum absolute atomic E-state index is 12.8. The smallest absolute Gasteiger partial charge is 0.338 e. The quantitative estimate of drug-likeness (QED) is 0.273. The average molecular weight is 344 g/mol. The van der Waals surface area contributed by atoms with Gasteiger partial charge in [0.2, 0.25) is 0 Å². The van der Waals surface area contributed by atoms with Gasteiger partial charge in [-0.3, -0.25) is 10.2 Å². The number of carbonyl (C=O) groups is 2. The number of nitrogens with two attached hydrogens (primary N) is 1. The lowest BCUT2D eigenvalue weighted by molar-refractivity contribution is -0.134. The fourth-order valence-corrected chi connectivity index (χ4v) is 0.910. The third-order valence-electron chi connectivity index (χ3n) is 1.69. The fraction of sp³-hybridized carbons (Fsp3) is 0.438. The fourth-order valence-electron chi connectivity index (χ4n) is 0.910. The van der Waals surface area contributed by atoms with Crippen molar-refractivity contribution in [2.24, 2.45) is 5.72 Å². The molecule has 0 aliphatic heterocycles. The van der Waals surface area contributed by atoms with E-state index in [-0.39, 0.29) is 0 Å². The molecule has 0 aromatic heterocycles. The van der Waals surface area contributed by atoms with Gasteiger partial charge >= 0.3 is 11.9 Å². The molecule has 1 rings (SSSR count). The van der Waals surface area contributed by atoms with Crippen LogP contribution in [-0.2, 0) is 9.53 Å². The van der Waals surface area contributed by atoms with Gasteiger partial charge in [-0.25, -0.2) is 4.79 Å². The van der Waals surface area contributed by atoms with E-state index in [0.29, 0.717) is 0 Å². The van der Waals surface area contributed by atoms with Gasteiger partial charge in [0.05, 0.1) is 20.3 Å². The van der Waals surface area contributed by atoms with Gasteiger partial charge < -0.3 is 20.5 Å². The maximum atomic E-state index is 12.8. The molecular formula is C16H23N3O4. The molecule has 0 radical (unpaired) electrons. The first-order chi connectivity index (χ1) is 19.9. The Morgan fingerprint density at radius 1 is 1.48 bits per heavy atom. The third-order valence-corrected chi connectivity index (χ3v) is 1.69. The Labute approximate surface area is 166 Å². The molecule has 0 heterocycles. The molecule has 1 aromatic rings. The lowest BCUT2D eigenvalue weighted by Gasteiger charge is -2.06. The minimum Gasteiger partial charge on any atom is -0.462 e. The molecule has 1 atom stereocenters. The van der Waals surface area contributed by atoms with E-state index in [1.807, 2.05) is 0 Å². The Morgan fingerprint density at radius 2 is 2.30 bits per heavy atom. The monoisotopic (exact) mass is 343 g/mol. The molecule has 4 N–H and O–H groups in total. The van der Waals surface area contributed by atoms with E-state index in [2.05, 4.69) is 14.9 Å². The van der Waals surface area contributed by atoms with E-state index >= 15 is 0 Å². The van der Waals surface area contributed by atoms with Crippen LogP contribution >= 0.6 is 0 Å². The van der Waals surface area contributed by atoms with Gasteiger partial charge in [0.1, 0.15) is 5.75 Å². The SMILES string of the molecule is [2H]N=C(N([2H])[2H])N([2H])C([2H])C([2H])([2H])C([2H])([2H])C([2H])([2H])C([2H])([2H])C(=O)Oc1c([2H])c([2H])c(C(=O)OC([2H])([2H])C([2H])([2H])[2H])c([2H])c1[2H]. The van der Waals surface area contributed by atoms with Crippen molar-refractivity contribution in [1.29, 1.82) is 5.40 Å². The van der Waals surface area contributed by atoms with E-state index in [4.69, 9.17) is 30.3 Å². The number of nitrogens with one attached hydrogen (secondary N) is 2. The normalized spacial score (nSPS) is 29.7. The summed E-state index contributed by atoms with van der Waals surface area (Å²) in [5.74, 6) is -7.34. The predicted molar refractivity (Wildman–Crippen MR) is 86.4 cm³/mol. The van der Waals surface area contributed by atoms with Crippen molar-refractivity contribution in [3.8, 4) is 5.75 Å². The summed E-state index contributed by atoms with van der Waals surface area (Å²) in [5.41, 5.74) is -1.89. The van der Waals surface area contributed by atoms with Gasteiger partial charge in [-0.2, -0.15) is 0 Å². The molecule has 0 aliphatic carbocycles. The van der Waals surface area contributed by atoms with Crippen LogP contribution in [0.3, 0.4) is 0 Å². The molecule has 7 nitrogen and oxygen atoms in total. The van der Waals surface area contributed by atoms with Crippen LogP contribution in [0.4, 0.5) is 0 Å². The first-order valence-corrected chi connectivity index (χ1v) is 5.44. The topological polar surface area (TPSA) is 115 Å². The highest BCUT2D eigenvalue weighted by molar-refractivity contribution is 5.89. The van der Waals surface area contributed by atoms with Crippen molar-refractivity contribution in [1.82, 2.24) is 5.31 Å². The summed E-state index contributed by atoms with van der Waals surface area (Å²) in [6, 6.07) is -5.74. The maximum Gasteiger partial charge on any atom is 0.338 e. The van der Waals surface area contributed by atoms with Crippen LogP contribution in [-0.4, -0.2) is 31.0 Å². The molecule has 0 saturated heterocycles.